The van der Waals surface area contributed by atoms with Crippen LogP contribution in [0.25, 0.3) is 20.9 Å². The van der Waals surface area contributed by atoms with Gasteiger partial charge in [-0.25, -0.2) is 15.0 Å². The van der Waals surface area contributed by atoms with Crippen LogP contribution in [-0.4, -0.2) is 34.0 Å². The number of amides is 1. The summed E-state index contributed by atoms with van der Waals surface area (Å²) in [5, 5.41) is 3.51. The number of para-hydroxylation sites is 1. The van der Waals surface area contributed by atoms with Crippen LogP contribution in [0.1, 0.15) is 16.1 Å². The van der Waals surface area contributed by atoms with Crippen LogP contribution in [0, 0.1) is 6.92 Å². The lowest BCUT2D eigenvalue weighted by atomic mass is 10.2. The molecule has 0 aliphatic rings. The maximum atomic E-state index is 12.6. The summed E-state index contributed by atoms with van der Waals surface area (Å²) in [6.45, 7) is 2.75. The fourth-order valence-electron chi connectivity index (χ4n) is 2.69. The molecule has 0 saturated heterocycles. The molecular formula is C21H18N4O2S. The number of ether oxygens (including phenoxy) is 1. The summed E-state index contributed by atoms with van der Waals surface area (Å²) in [6, 6.07) is 15.6. The topological polar surface area (TPSA) is 77.0 Å². The average Bonchev–Trinajstić information content (AvgIpc) is 3.16. The lowest BCUT2D eigenvalue weighted by molar-refractivity contribution is 0.0942. The van der Waals surface area contributed by atoms with Gasteiger partial charge < -0.3 is 10.1 Å². The standard InChI is InChI=1S/C21H18N4O2S/c1-14-6-8-15(9-7-14)27-13-12-24-20(26)18-19(23-11-10-22-18)21-25-16-4-2-3-5-17(16)28-21/h2-11H,12-13H2,1H3,(H,24,26). The van der Waals surface area contributed by atoms with Crippen molar-refractivity contribution in [3.8, 4) is 16.5 Å². The van der Waals surface area contributed by atoms with Crippen LogP contribution in [0.2, 0.25) is 0 Å². The lowest BCUT2D eigenvalue weighted by Crippen LogP contribution is -2.29. The van der Waals surface area contributed by atoms with Gasteiger partial charge in [0, 0.05) is 12.4 Å². The van der Waals surface area contributed by atoms with Gasteiger partial charge in [-0.1, -0.05) is 29.8 Å². The molecule has 140 valence electrons. The molecule has 0 saturated carbocycles. The molecule has 28 heavy (non-hydrogen) atoms. The number of fused-ring (bicyclic) bond motifs is 1. The van der Waals surface area contributed by atoms with E-state index in [1.54, 1.807) is 6.20 Å². The number of hydrogen-bond acceptors (Lipinski definition) is 6. The lowest BCUT2D eigenvalue weighted by Gasteiger charge is -2.09. The highest BCUT2D eigenvalue weighted by atomic mass is 32.1. The highest BCUT2D eigenvalue weighted by molar-refractivity contribution is 7.21. The number of carbonyl (C=O) groups excluding carboxylic acids is 1. The maximum absolute atomic E-state index is 12.6. The maximum Gasteiger partial charge on any atom is 0.272 e. The number of thiazole rings is 1. The van der Waals surface area contributed by atoms with Crippen LogP contribution < -0.4 is 10.1 Å². The van der Waals surface area contributed by atoms with Gasteiger partial charge in [-0.3, -0.25) is 4.79 Å². The SMILES string of the molecule is Cc1ccc(OCCNC(=O)c2nccnc2-c2nc3ccccc3s2)cc1. The van der Waals surface area contributed by atoms with Gasteiger partial charge in [0.25, 0.3) is 5.91 Å². The van der Waals surface area contributed by atoms with Crippen molar-refractivity contribution in [2.24, 2.45) is 0 Å². The summed E-state index contributed by atoms with van der Waals surface area (Å²) in [5.41, 5.74) is 2.80. The molecule has 0 radical (unpaired) electrons. The van der Waals surface area contributed by atoms with E-state index in [1.165, 1.54) is 23.1 Å². The van der Waals surface area contributed by atoms with E-state index < -0.39 is 0 Å². The van der Waals surface area contributed by atoms with Crippen molar-refractivity contribution < 1.29 is 9.53 Å². The molecule has 0 spiro atoms. The van der Waals surface area contributed by atoms with E-state index in [0.29, 0.717) is 23.9 Å². The molecule has 0 bridgehead atoms. The van der Waals surface area contributed by atoms with Crippen LogP contribution in [0.15, 0.2) is 60.9 Å². The molecule has 0 unspecified atom stereocenters. The first-order chi connectivity index (χ1) is 13.7. The van der Waals surface area contributed by atoms with Crippen molar-refractivity contribution in [1.29, 1.82) is 0 Å². The quantitative estimate of drug-likeness (QED) is 0.506. The van der Waals surface area contributed by atoms with E-state index in [4.69, 9.17) is 4.74 Å². The van der Waals surface area contributed by atoms with Crippen molar-refractivity contribution in [1.82, 2.24) is 20.3 Å². The van der Waals surface area contributed by atoms with Crippen molar-refractivity contribution in [2.45, 2.75) is 6.92 Å². The minimum Gasteiger partial charge on any atom is -0.492 e. The van der Waals surface area contributed by atoms with E-state index >= 15 is 0 Å². The number of hydrogen-bond donors (Lipinski definition) is 1. The molecule has 4 rings (SSSR count). The van der Waals surface area contributed by atoms with Gasteiger partial charge >= 0.3 is 0 Å². The number of benzene rings is 2. The Bertz CT molecular complexity index is 1080. The zero-order chi connectivity index (χ0) is 19.3. The van der Waals surface area contributed by atoms with E-state index in [-0.39, 0.29) is 11.6 Å². The van der Waals surface area contributed by atoms with E-state index in [1.807, 2.05) is 55.5 Å². The zero-order valence-corrected chi connectivity index (χ0v) is 16.1. The normalized spacial score (nSPS) is 10.8. The Kier molecular flexibility index (Phi) is 5.25. The van der Waals surface area contributed by atoms with Crippen LogP contribution in [0.4, 0.5) is 0 Å². The highest BCUT2D eigenvalue weighted by Gasteiger charge is 2.18. The fraction of sp³-hybridized carbons (Fsp3) is 0.143. The molecule has 2 aromatic carbocycles. The Morgan fingerprint density at radius 1 is 1.07 bits per heavy atom. The molecule has 2 aromatic heterocycles. The Morgan fingerprint density at radius 3 is 2.68 bits per heavy atom. The van der Waals surface area contributed by atoms with Crippen LogP contribution in [0.5, 0.6) is 5.75 Å². The van der Waals surface area contributed by atoms with Crippen molar-refractivity contribution in [2.75, 3.05) is 13.2 Å². The molecule has 0 aliphatic heterocycles. The van der Waals surface area contributed by atoms with Gasteiger partial charge in [0.05, 0.1) is 16.8 Å². The number of carbonyl (C=O) groups is 1. The molecule has 6 nitrogen and oxygen atoms in total. The zero-order valence-electron chi connectivity index (χ0n) is 15.3. The Labute approximate surface area is 166 Å². The van der Waals surface area contributed by atoms with Gasteiger partial charge in [0.15, 0.2) is 5.69 Å². The molecule has 4 aromatic rings. The van der Waals surface area contributed by atoms with E-state index in [9.17, 15) is 4.79 Å². The Balaban J connectivity index is 1.44. The molecule has 1 amide bonds. The summed E-state index contributed by atoms with van der Waals surface area (Å²) >= 11 is 1.49. The number of nitrogens with zero attached hydrogens (tertiary/aromatic N) is 3. The number of rotatable bonds is 6. The molecule has 1 N–H and O–H groups in total. The Morgan fingerprint density at radius 2 is 1.86 bits per heavy atom. The van der Waals surface area contributed by atoms with Crippen molar-refractivity contribution in [3.63, 3.8) is 0 Å². The second-order valence-electron chi connectivity index (χ2n) is 6.16. The smallest absolute Gasteiger partial charge is 0.272 e. The predicted molar refractivity (Wildman–Crippen MR) is 110 cm³/mol. The predicted octanol–water partition coefficient (Wildman–Crippen LogP) is 3.87. The van der Waals surface area contributed by atoms with Crippen molar-refractivity contribution >= 4 is 27.5 Å². The van der Waals surface area contributed by atoms with Gasteiger partial charge in [0.2, 0.25) is 0 Å². The van der Waals surface area contributed by atoms with E-state index in [0.717, 1.165) is 16.0 Å². The molecule has 2 heterocycles. The highest BCUT2D eigenvalue weighted by Crippen LogP contribution is 2.29. The monoisotopic (exact) mass is 390 g/mol. The first kappa shape index (κ1) is 18.1. The summed E-state index contributed by atoms with van der Waals surface area (Å²) in [6.07, 6.45) is 3.08. The number of nitrogens with one attached hydrogen (secondary N) is 1. The number of aryl methyl sites for hydroxylation is 1. The van der Waals surface area contributed by atoms with Gasteiger partial charge in [-0.05, 0) is 31.2 Å². The molecule has 0 atom stereocenters. The largest absolute Gasteiger partial charge is 0.492 e. The third-order valence-electron chi connectivity index (χ3n) is 4.09. The van der Waals surface area contributed by atoms with Crippen LogP contribution >= 0.6 is 11.3 Å². The minimum atomic E-state index is -0.296. The third kappa shape index (κ3) is 3.99. The van der Waals surface area contributed by atoms with Gasteiger partial charge in [-0.15, -0.1) is 11.3 Å². The first-order valence-electron chi connectivity index (χ1n) is 8.85. The first-order valence-corrected chi connectivity index (χ1v) is 9.67. The molecule has 0 aliphatic carbocycles. The van der Waals surface area contributed by atoms with Crippen molar-refractivity contribution in [3.05, 3.63) is 72.2 Å². The summed E-state index contributed by atoms with van der Waals surface area (Å²) < 4.78 is 6.68. The van der Waals surface area contributed by atoms with Crippen LogP contribution in [0.3, 0.4) is 0 Å². The van der Waals surface area contributed by atoms with E-state index in [2.05, 4.69) is 20.3 Å². The van der Waals surface area contributed by atoms with Crippen LogP contribution in [-0.2, 0) is 0 Å². The fourth-order valence-corrected chi connectivity index (χ4v) is 3.65. The second kappa shape index (κ2) is 8.14. The number of aromatic nitrogens is 3. The minimum absolute atomic E-state index is 0.261. The van der Waals surface area contributed by atoms with Gasteiger partial charge in [-0.2, -0.15) is 0 Å². The molecular weight excluding hydrogens is 372 g/mol. The summed E-state index contributed by atoms with van der Waals surface area (Å²) in [7, 11) is 0. The average molecular weight is 390 g/mol. The molecule has 7 heteroatoms. The van der Waals surface area contributed by atoms with Gasteiger partial charge in [0.1, 0.15) is 23.1 Å². The third-order valence-corrected chi connectivity index (χ3v) is 5.13. The molecule has 0 fully saturated rings. The summed E-state index contributed by atoms with van der Waals surface area (Å²) in [5.74, 6) is 0.476. The Hall–Kier alpha value is -3.32. The second-order valence-corrected chi connectivity index (χ2v) is 7.19. The summed E-state index contributed by atoms with van der Waals surface area (Å²) in [4.78, 5) is 25.8.